The van der Waals surface area contributed by atoms with E-state index in [4.69, 9.17) is 10.9 Å². The maximum absolute atomic E-state index is 8.68. The molecule has 1 aromatic rings. The number of aromatic nitrogens is 1. The lowest BCUT2D eigenvalue weighted by Gasteiger charge is -2.19. The largest absolute Gasteiger partial charge is 0.409 e. The number of pyridine rings is 1. The van der Waals surface area contributed by atoms with Gasteiger partial charge in [0.1, 0.15) is 0 Å². The van der Waals surface area contributed by atoms with Crippen LogP contribution in [0, 0.1) is 0 Å². The Kier molecular flexibility index (Phi) is 2.71. The third-order valence-electron chi connectivity index (χ3n) is 2.63. The van der Waals surface area contributed by atoms with Crippen molar-refractivity contribution >= 4 is 11.5 Å². The molecule has 0 radical (unpaired) electrons. The maximum Gasteiger partial charge on any atom is 0.172 e. The van der Waals surface area contributed by atoms with Crippen LogP contribution >= 0.6 is 0 Å². The van der Waals surface area contributed by atoms with Crippen LogP contribution in [0.3, 0.4) is 0 Å². The van der Waals surface area contributed by atoms with Crippen molar-refractivity contribution < 1.29 is 5.21 Å². The second kappa shape index (κ2) is 4.16. The zero-order chi connectivity index (χ0) is 10.7. The van der Waals surface area contributed by atoms with Crippen LogP contribution in [-0.4, -0.2) is 29.1 Å². The maximum atomic E-state index is 8.68. The summed E-state index contributed by atoms with van der Waals surface area (Å²) in [4.78, 5) is 6.28. The number of rotatable bonds is 2. The van der Waals surface area contributed by atoms with Crippen LogP contribution in [0.4, 0.5) is 5.69 Å². The molecule has 5 heteroatoms. The van der Waals surface area contributed by atoms with E-state index in [0.29, 0.717) is 0 Å². The molecular weight excluding hydrogens is 192 g/mol. The summed E-state index contributed by atoms with van der Waals surface area (Å²) in [6.45, 7) is 2.02. The summed E-state index contributed by atoms with van der Waals surface area (Å²) in [6, 6.07) is 1.77. The molecule has 1 fully saturated rings. The van der Waals surface area contributed by atoms with Gasteiger partial charge in [-0.05, 0) is 18.9 Å². The average molecular weight is 206 g/mol. The number of oxime groups is 1. The highest BCUT2D eigenvalue weighted by molar-refractivity contribution is 6.02. The van der Waals surface area contributed by atoms with Crippen molar-refractivity contribution in [3.05, 3.63) is 24.0 Å². The van der Waals surface area contributed by atoms with Gasteiger partial charge in [-0.3, -0.25) is 4.98 Å². The molecule has 0 amide bonds. The molecule has 0 bridgehead atoms. The molecule has 15 heavy (non-hydrogen) atoms. The first-order valence-electron chi connectivity index (χ1n) is 5.00. The fraction of sp³-hybridized carbons (Fsp3) is 0.400. The molecule has 0 atom stereocenters. The van der Waals surface area contributed by atoms with Gasteiger partial charge >= 0.3 is 0 Å². The molecule has 1 aliphatic rings. The zero-order valence-electron chi connectivity index (χ0n) is 8.43. The zero-order valence-corrected chi connectivity index (χ0v) is 8.43. The van der Waals surface area contributed by atoms with Crippen molar-refractivity contribution in [2.24, 2.45) is 10.9 Å². The Hall–Kier alpha value is -1.78. The number of anilines is 1. The number of nitrogens with zero attached hydrogens (tertiary/aromatic N) is 3. The van der Waals surface area contributed by atoms with Crippen molar-refractivity contribution in [3.8, 4) is 0 Å². The third kappa shape index (κ3) is 1.86. The van der Waals surface area contributed by atoms with E-state index in [1.165, 1.54) is 12.8 Å². The molecule has 0 spiro atoms. The molecule has 80 valence electrons. The first-order chi connectivity index (χ1) is 7.33. The minimum Gasteiger partial charge on any atom is -0.409 e. The van der Waals surface area contributed by atoms with E-state index in [1.807, 2.05) is 0 Å². The topological polar surface area (TPSA) is 74.7 Å². The van der Waals surface area contributed by atoms with Crippen molar-refractivity contribution in [3.63, 3.8) is 0 Å². The molecule has 2 heterocycles. The van der Waals surface area contributed by atoms with Gasteiger partial charge in [-0.2, -0.15) is 0 Å². The minimum absolute atomic E-state index is 0.138. The van der Waals surface area contributed by atoms with Crippen LogP contribution in [0.1, 0.15) is 18.4 Å². The van der Waals surface area contributed by atoms with E-state index in [0.717, 1.165) is 24.3 Å². The Bertz CT molecular complexity index is 371. The highest BCUT2D eigenvalue weighted by Gasteiger charge is 2.17. The number of nitrogens with two attached hydrogens (primary N) is 1. The van der Waals surface area contributed by atoms with E-state index in [9.17, 15) is 0 Å². The normalized spacial score (nSPS) is 17.1. The number of amidine groups is 1. The van der Waals surface area contributed by atoms with E-state index in [-0.39, 0.29) is 5.84 Å². The Labute approximate surface area is 88.2 Å². The molecule has 0 saturated carbocycles. The van der Waals surface area contributed by atoms with Gasteiger partial charge in [0, 0.05) is 24.8 Å². The molecule has 1 aliphatic heterocycles. The first-order valence-corrected chi connectivity index (χ1v) is 5.00. The second-order valence-corrected chi connectivity index (χ2v) is 3.57. The molecule has 3 N–H and O–H groups in total. The van der Waals surface area contributed by atoms with Gasteiger partial charge in [0.15, 0.2) is 5.84 Å². The van der Waals surface area contributed by atoms with Gasteiger partial charge < -0.3 is 15.8 Å². The molecule has 1 saturated heterocycles. The summed E-state index contributed by atoms with van der Waals surface area (Å²) in [5, 5.41) is 11.7. The molecule has 5 nitrogen and oxygen atoms in total. The van der Waals surface area contributed by atoms with E-state index >= 15 is 0 Å². The summed E-state index contributed by atoms with van der Waals surface area (Å²) in [5.74, 6) is 0.138. The van der Waals surface area contributed by atoms with E-state index in [1.54, 1.807) is 18.5 Å². The Morgan fingerprint density at radius 1 is 1.47 bits per heavy atom. The molecule has 1 aromatic heterocycles. The Balaban J connectivity index is 2.37. The third-order valence-corrected chi connectivity index (χ3v) is 2.63. The second-order valence-electron chi connectivity index (χ2n) is 3.57. The molecular formula is C10H14N4O. The summed E-state index contributed by atoms with van der Waals surface area (Å²) in [6.07, 6.45) is 5.78. The lowest BCUT2D eigenvalue weighted by molar-refractivity contribution is 0.318. The van der Waals surface area contributed by atoms with Gasteiger partial charge in [0.25, 0.3) is 0 Å². The molecule has 0 unspecified atom stereocenters. The fourth-order valence-corrected chi connectivity index (χ4v) is 1.87. The van der Waals surface area contributed by atoms with Crippen molar-refractivity contribution in [1.82, 2.24) is 4.98 Å². The van der Waals surface area contributed by atoms with Crippen molar-refractivity contribution in [2.45, 2.75) is 12.8 Å². The van der Waals surface area contributed by atoms with Crippen LogP contribution in [0.2, 0.25) is 0 Å². The smallest absolute Gasteiger partial charge is 0.172 e. The summed E-state index contributed by atoms with van der Waals surface area (Å²) < 4.78 is 0. The van der Waals surface area contributed by atoms with E-state index in [2.05, 4.69) is 15.0 Å². The predicted molar refractivity (Wildman–Crippen MR) is 58.2 cm³/mol. The lowest BCUT2D eigenvalue weighted by Crippen LogP contribution is -2.23. The van der Waals surface area contributed by atoms with Crippen LogP contribution in [0.15, 0.2) is 23.6 Å². The van der Waals surface area contributed by atoms with Gasteiger partial charge in [0.2, 0.25) is 0 Å². The highest BCUT2D eigenvalue weighted by atomic mass is 16.4. The standard InChI is InChI=1S/C10H14N4O/c11-10(13-15)8-3-4-12-7-9(8)14-5-1-2-6-14/h3-4,7,15H,1-2,5-6H2,(H2,11,13). The van der Waals surface area contributed by atoms with Crippen LogP contribution in [0.25, 0.3) is 0 Å². The van der Waals surface area contributed by atoms with Gasteiger partial charge in [-0.25, -0.2) is 0 Å². The monoisotopic (exact) mass is 206 g/mol. The van der Waals surface area contributed by atoms with Crippen LogP contribution in [-0.2, 0) is 0 Å². The SMILES string of the molecule is N/C(=N/O)c1ccncc1N1CCCC1. The van der Waals surface area contributed by atoms with Gasteiger partial charge in [-0.15, -0.1) is 0 Å². The van der Waals surface area contributed by atoms with Crippen molar-refractivity contribution in [1.29, 1.82) is 0 Å². The summed E-state index contributed by atoms with van der Waals surface area (Å²) >= 11 is 0. The fourth-order valence-electron chi connectivity index (χ4n) is 1.87. The Morgan fingerprint density at radius 3 is 2.87 bits per heavy atom. The molecule has 0 aromatic carbocycles. The predicted octanol–water partition coefficient (Wildman–Crippen LogP) is 0.776. The summed E-state index contributed by atoms with van der Waals surface area (Å²) in [5.41, 5.74) is 7.30. The Morgan fingerprint density at radius 2 is 2.20 bits per heavy atom. The van der Waals surface area contributed by atoms with Gasteiger partial charge in [-0.1, -0.05) is 5.16 Å². The average Bonchev–Trinajstić information content (AvgIpc) is 2.81. The number of hydrogen-bond acceptors (Lipinski definition) is 4. The highest BCUT2D eigenvalue weighted by Crippen LogP contribution is 2.23. The quantitative estimate of drug-likeness (QED) is 0.324. The molecule has 2 rings (SSSR count). The number of hydrogen-bond donors (Lipinski definition) is 2. The van der Waals surface area contributed by atoms with E-state index < -0.39 is 0 Å². The lowest BCUT2D eigenvalue weighted by atomic mass is 10.2. The first kappa shape index (κ1) is 9.76. The minimum atomic E-state index is 0.138. The van der Waals surface area contributed by atoms with Gasteiger partial charge in [0.05, 0.1) is 11.9 Å². The van der Waals surface area contributed by atoms with Crippen molar-refractivity contribution in [2.75, 3.05) is 18.0 Å². The summed E-state index contributed by atoms with van der Waals surface area (Å²) in [7, 11) is 0. The van der Waals surface area contributed by atoms with Crippen LogP contribution in [0.5, 0.6) is 0 Å². The molecule has 0 aliphatic carbocycles. The van der Waals surface area contributed by atoms with Crippen LogP contribution < -0.4 is 10.6 Å².